The molecule has 2 heterocycles. The van der Waals surface area contributed by atoms with Gasteiger partial charge in [0.05, 0.1) is 6.04 Å². The highest BCUT2D eigenvalue weighted by molar-refractivity contribution is 6.04. The number of fused-ring (bicyclic) bond motifs is 1. The van der Waals surface area contributed by atoms with Crippen LogP contribution in [0.5, 0.6) is 11.5 Å². The van der Waals surface area contributed by atoms with Gasteiger partial charge in [0.25, 0.3) is 5.91 Å². The van der Waals surface area contributed by atoms with Crippen LogP contribution < -0.4 is 21.5 Å². The van der Waals surface area contributed by atoms with Gasteiger partial charge in [-0.2, -0.15) is 5.10 Å². The largest absolute Gasteiger partial charge is 0.457 e. The van der Waals surface area contributed by atoms with Crippen molar-refractivity contribution in [1.82, 2.24) is 9.78 Å². The van der Waals surface area contributed by atoms with E-state index in [0.717, 1.165) is 17.5 Å². The van der Waals surface area contributed by atoms with Gasteiger partial charge in [-0.1, -0.05) is 18.2 Å². The summed E-state index contributed by atoms with van der Waals surface area (Å²) in [5, 5.41) is 8.05. The number of carbonyl (C=O) groups is 1. The van der Waals surface area contributed by atoms with E-state index < -0.39 is 5.91 Å². The molecule has 0 spiro atoms. The summed E-state index contributed by atoms with van der Waals surface area (Å²) in [5.74, 6) is 0.787. The molecule has 0 bridgehead atoms. The zero-order valence-corrected chi connectivity index (χ0v) is 17.7. The Morgan fingerprint density at radius 1 is 1.03 bits per heavy atom. The van der Waals surface area contributed by atoms with E-state index in [-0.39, 0.29) is 11.9 Å². The lowest BCUT2D eigenvalue weighted by atomic mass is 10.00. The van der Waals surface area contributed by atoms with E-state index >= 15 is 0 Å². The maximum Gasteiger partial charge on any atom is 0.254 e. The summed E-state index contributed by atoms with van der Waals surface area (Å²) < 4.78 is 20.7. The molecule has 0 radical (unpaired) electrons. The zero-order valence-electron chi connectivity index (χ0n) is 17.7. The van der Waals surface area contributed by atoms with Crippen molar-refractivity contribution in [3.63, 3.8) is 0 Å². The fraction of sp³-hybridized carbons (Fsp3) is 0.120. The van der Waals surface area contributed by atoms with Crippen molar-refractivity contribution in [3.8, 4) is 22.8 Å². The number of nitrogen functional groups attached to an aromatic ring is 1. The quantitative estimate of drug-likeness (QED) is 0.392. The third-order valence-electron chi connectivity index (χ3n) is 5.69. The molecule has 5 N–H and O–H groups in total. The maximum absolute atomic E-state index is 13.1. The highest BCUT2D eigenvalue weighted by atomic mass is 19.1. The number of carbonyl (C=O) groups excluding carboxylic acids is 1. The summed E-state index contributed by atoms with van der Waals surface area (Å²) in [6.45, 7) is 0.662. The van der Waals surface area contributed by atoms with Gasteiger partial charge in [0, 0.05) is 17.8 Å². The van der Waals surface area contributed by atoms with Gasteiger partial charge < -0.3 is 21.5 Å². The van der Waals surface area contributed by atoms with Crippen LogP contribution in [0, 0.1) is 5.82 Å². The van der Waals surface area contributed by atoms with Gasteiger partial charge in [-0.3, -0.25) is 4.79 Å². The van der Waals surface area contributed by atoms with E-state index in [2.05, 4.69) is 5.32 Å². The molecule has 5 rings (SSSR count). The van der Waals surface area contributed by atoms with Gasteiger partial charge in [-0.15, -0.1) is 0 Å². The average molecular weight is 443 g/mol. The Kier molecular flexibility index (Phi) is 5.18. The summed E-state index contributed by atoms with van der Waals surface area (Å²) in [4.78, 5) is 12.4. The van der Waals surface area contributed by atoms with Crippen LogP contribution >= 0.6 is 0 Å². The highest BCUT2D eigenvalue weighted by Gasteiger charge is 2.31. The minimum atomic E-state index is -0.563. The van der Waals surface area contributed by atoms with Gasteiger partial charge in [0.15, 0.2) is 0 Å². The Labute approximate surface area is 189 Å². The fourth-order valence-corrected chi connectivity index (χ4v) is 4.14. The number of aromatic nitrogens is 2. The minimum absolute atomic E-state index is 0.115. The normalized spacial score (nSPS) is 14.9. The standard InChI is InChI=1S/C25H22FN5O2/c26-16-7-11-18(12-8-16)33-17-9-5-15(6-10-17)23-22(24(28)32)25-29-14-13-21(31(25)30-23)19-3-1-2-4-20(19)27/h1-12,21,29H,13-14,27H2,(H2,28,32). The molecule has 1 atom stereocenters. The summed E-state index contributed by atoms with van der Waals surface area (Å²) in [7, 11) is 0. The molecule has 33 heavy (non-hydrogen) atoms. The van der Waals surface area contributed by atoms with Crippen molar-refractivity contribution in [1.29, 1.82) is 0 Å². The van der Waals surface area contributed by atoms with E-state index in [1.54, 1.807) is 28.9 Å². The van der Waals surface area contributed by atoms with Crippen molar-refractivity contribution in [2.75, 3.05) is 17.6 Å². The van der Waals surface area contributed by atoms with Crippen LogP contribution in [-0.2, 0) is 0 Å². The monoisotopic (exact) mass is 443 g/mol. The fourth-order valence-electron chi connectivity index (χ4n) is 4.14. The van der Waals surface area contributed by atoms with E-state index in [4.69, 9.17) is 21.3 Å². The zero-order chi connectivity index (χ0) is 22.9. The van der Waals surface area contributed by atoms with Crippen molar-refractivity contribution in [3.05, 3.63) is 89.7 Å². The molecule has 0 aliphatic carbocycles. The first-order valence-electron chi connectivity index (χ1n) is 10.6. The number of hydrogen-bond acceptors (Lipinski definition) is 5. The molecule has 0 saturated heterocycles. The first-order valence-corrected chi connectivity index (χ1v) is 10.6. The van der Waals surface area contributed by atoms with Crippen LogP contribution in [-0.4, -0.2) is 22.2 Å². The van der Waals surface area contributed by atoms with Gasteiger partial charge >= 0.3 is 0 Å². The van der Waals surface area contributed by atoms with Crippen molar-refractivity contribution < 1.29 is 13.9 Å². The predicted octanol–water partition coefficient (Wildman–Crippen LogP) is 4.57. The van der Waals surface area contributed by atoms with Gasteiger partial charge in [-0.25, -0.2) is 9.07 Å². The number of anilines is 2. The van der Waals surface area contributed by atoms with Gasteiger partial charge in [0.1, 0.15) is 34.4 Å². The topological polar surface area (TPSA) is 108 Å². The molecule has 8 heteroatoms. The van der Waals surface area contributed by atoms with Crippen molar-refractivity contribution in [2.24, 2.45) is 5.73 Å². The molecule has 3 aromatic carbocycles. The lowest BCUT2D eigenvalue weighted by Crippen LogP contribution is -2.26. The second-order valence-electron chi connectivity index (χ2n) is 7.82. The number of amides is 1. The number of primary amides is 1. The second kappa shape index (κ2) is 8.31. The molecule has 166 valence electrons. The Morgan fingerprint density at radius 2 is 1.70 bits per heavy atom. The number of benzene rings is 3. The molecule has 0 fully saturated rings. The molecule has 1 aromatic heterocycles. The summed E-state index contributed by atoms with van der Waals surface area (Å²) in [6, 6.07) is 20.5. The summed E-state index contributed by atoms with van der Waals surface area (Å²) >= 11 is 0. The molecular formula is C25H22FN5O2. The maximum atomic E-state index is 13.1. The number of para-hydroxylation sites is 1. The van der Waals surface area contributed by atoms with Crippen LogP contribution in [0.15, 0.2) is 72.8 Å². The third kappa shape index (κ3) is 3.87. The number of nitrogens with one attached hydrogen (secondary N) is 1. The minimum Gasteiger partial charge on any atom is -0.457 e. The van der Waals surface area contributed by atoms with E-state index in [9.17, 15) is 9.18 Å². The number of nitrogens with zero attached hydrogens (tertiary/aromatic N) is 2. The molecule has 1 aliphatic heterocycles. The van der Waals surface area contributed by atoms with Crippen LogP contribution in [0.25, 0.3) is 11.3 Å². The van der Waals surface area contributed by atoms with Crippen LogP contribution in [0.3, 0.4) is 0 Å². The smallest absolute Gasteiger partial charge is 0.254 e. The molecular weight excluding hydrogens is 421 g/mol. The Bertz CT molecular complexity index is 1320. The second-order valence-corrected chi connectivity index (χ2v) is 7.82. The van der Waals surface area contributed by atoms with E-state index in [1.807, 2.05) is 36.4 Å². The van der Waals surface area contributed by atoms with Crippen LogP contribution in [0.1, 0.15) is 28.4 Å². The third-order valence-corrected chi connectivity index (χ3v) is 5.69. The first kappa shape index (κ1) is 20.6. The van der Waals surface area contributed by atoms with Crippen LogP contribution in [0.2, 0.25) is 0 Å². The molecule has 1 unspecified atom stereocenters. The summed E-state index contributed by atoms with van der Waals surface area (Å²) in [6.07, 6.45) is 0.769. The van der Waals surface area contributed by atoms with E-state index in [1.165, 1.54) is 12.1 Å². The highest BCUT2D eigenvalue weighted by Crippen LogP contribution is 2.38. The number of halogens is 1. The molecule has 4 aromatic rings. The van der Waals surface area contributed by atoms with Gasteiger partial charge in [0.2, 0.25) is 0 Å². The molecule has 1 amide bonds. The van der Waals surface area contributed by atoms with Crippen molar-refractivity contribution >= 4 is 17.4 Å². The number of ether oxygens (including phenoxy) is 1. The Hall–Kier alpha value is -4.33. The Balaban J connectivity index is 1.51. The Morgan fingerprint density at radius 3 is 2.36 bits per heavy atom. The molecule has 1 aliphatic rings. The number of rotatable bonds is 5. The lowest BCUT2D eigenvalue weighted by Gasteiger charge is -2.27. The number of hydrogen-bond donors (Lipinski definition) is 3. The molecule has 7 nitrogen and oxygen atoms in total. The van der Waals surface area contributed by atoms with Crippen molar-refractivity contribution in [2.45, 2.75) is 12.5 Å². The SMILES string of the molecule is NC(=O)c1c(-c2ccc(Oc3ccc(F)cc3)cc2)nn2c1NCCC2c1ccccc1N. The first-order chi connectivity index (χ1) is 16.0. The predicted molar refractivity (Wildman–Crippen MR) is 125 cm³/mol. The summed E-state index contributed by atoms with van der Waals surface area (Å²) in [5.41, 5.74) is 15.2. The number of nitrogens with two attached hydrogens (primary N) is 2. The molecule has 0 saturated carbocycles. The van der Waals surface area contributed by atoms with E-state index in [0.29, 0.717) is 40.8 Å². The van der Waals surface area contributed by atoms with Gasteiger partial charge in [-0.05, 0) is 66.6 Å². The van der Waals surface area contributed by atoms with Crippen LogP contribution in [0.4, 0.5) is 15.9 Å². The average Bonchev–Trinajstić information content (AvgIpc) is 3.22. The lowest BCUT2D eigenvalue weighted by molar-refractivity contribution is 0.100.